The fraction of sp³-hybridized carbons (Fsp3) is 0.647. The predicted octanol–water partition coefficient (Wildman–Crippen LogP) is 5.28. The zero-order chi connectivity index (χ0) is 14.8. The third-order valence-corrected chi connectivity index (χ3v) is 5.21. The van der Waals surface area contributed by atoms with Crippen LogP contribution in [0.5, 0.6) is 0 Å². The van der Waals surface area contributed by atoms with Gasteiger partial charge in [0.2, 0.25) is 0 Å². The lowest BCUT2D eigenvalue weighted by atomic mass is 9.69. The second-order valence-electron chi connectivity index (χ2n) is 6.98. The van der Waals surface area contributed by atoms with Gasteiger partial charge >= 0.3 is 0 Å². The van der Waals surface area contributed by atoms with Crippen molar-refractivity contribution in [3.8, 4) is 0 Å². The standard InChI is InChI=1S/C17H25BrFN/c1-17(2,3)14-6-4-5-7-16(14)20-11-12-10-13(19)8-9-15(12)18/h8-10,14,16,20H,4-7,11H2,1-3H3. The zero-order valence-electron chi connectivity index (χ0n) is 12.7. The fourth-order valence-electron chi connectivity index (χ4n) is 3.33. The quantitative estimate of drug-likeness (QED) is 0.788. The van der Waals surface area contributed by atoms with Gasteiger partial charge in [-0.3, -0.25) is 0 Å². The Balaban J connectivity index is 2.03. The number of hydrogen-bond donors (Lipinski definition) is 1. The SMILES string of the molecule is CC(C)(C)C1CCCCC1NCc1cc(F)ccc1Br. The van der Waals surface area contributed by atoms with Crippen LogP contribution in [0.25, 0.3) is 0 Å². The van der Waals surface area contributed by atoms with Crippen molar-refractivity contribution in [1.29, 1.82) is 0 Å². The molecule has 1 aromatic rings. The second-order valence-corrected chi connectivity index (χ2v) is 7.83. The summed E-state index contributed by atoms with van der Waals surface area (Å²) in [4.78, 5) is 0. The van der Waals surface area contributed by atoms with Crippen LogP contribution < -0.4 is 5.32 Å². The van der Waals surface area contributed by atoms with Gasteiger partial charge in [0.1, 0.15) is 5.82 Å². The molecule has 0 radical (unpaired) electrons. The molecule has 20 heavy (non-hydrogen) atoms. The van der Waals surface area contributed by atoms with Crippen molar-refractivity contribution >= 4 is 15.9 Å². The first kappa shape index (κ1) is 16.0. The van der Waals surface area contributed by atoms with Crippen LogP contribution in [-0.2, 0) is 6.54 Å². The molecule has 0 heterocycles. The molecule has 0 saturated heterocycles. The highest BCUT2D eigenvalue weighted by atomic mass is 79.9. The molecule has 0 aromatic heterocycles. The predicted molar refractivity (Wildman–Crippen MR) is 86.1 cm³/mol. The van der Waals surface area contributed by atoms with E-state index in [9.17, 15) is 4.39 Å². The Kier molecular flexibility index (Phi) is 5.25. The summed E-state index contributed by atoms with van der Waals surface area (Å²) in [5.74, 6) is 0.532. The van der Waals surface area contributed by atoms with E-state index in [1.165, 1.54) is 31.7 Å². The molecule has 2 rings (SSSR count). The molecule has 112 valence electrons. The fourth-order valence-corrected chi connectivity index (χ4v) is 3.72. The number of rotatable bonds is 3. The van der Waals surface area contributed by atoms with Gasteiger partial charge in [-0.15, -0.1) is 0 Å². The van der Waals surface area contributed by atoms with Gasteiger partial charge in [0.05, 0.1) is 0 Å². The molecule has 1 aliphatic rings. The highest BCUT2D eigenvalue weighted by molar-refractivity contribution is 9.10. The average Bonchev–Trinajstić information content (AvgIpc) is 2.39. The Hall–Kier alpha value is -0.410. The zero-order valence-corrected chi connectivity index (χ0v) is 14.3. The molecule has 1 fully saturated rings. The minimum atomic E-state index is -0.166. The van der Waals surface area contributed by atoms with Gasteiger partial charge in [-0.1, -0.05) is 49.5 Å². The summed E-state index contributed by atoms with van der Waals surface area (Å²) in [6.07, 6.45) is 5.17. The van der Waals surface area contributed by atoms with Crippen molar-refractivity contribution in [2.24, 2.45) is 11.3 Å². The van der Waals surface area contributed by atoms with Gasteiger partial charge in [-0.2, -0.15) is 0 Å². The maximum Gasteiger partial charge on any atom is 0.123 e. The van der Waals surface area contributed by atoms with E-state index in [1.807, 2.05) is 0 Å². The Morgan fingerprint density at radius 1 is 1.25 bits per heavy atom. The minimum Gasteiger partial charge on any atom is -0.310 e. The highest BCUT2D eigenvalue weighted by Gasteiger charge is 2.33. The van der Waals surface area contributed by atoms with Gasteiger partial charge in [0.25, 0.3) is 0 Å². The van der Waals surface area contributed by atoms with Crippen LogP contribution in [0.3, 0.4) is 0 Å². The van der Waals surface area contributed by atoms with Gasteiger partial charge in [-0.05, 0) is 47.9 Å². The summed E-state index contributed by atoms with van der Waals surface area (Å²) in [5, 5.41) is 3.67. The average molecular weight is 342 g/mol. The van der Waals surface area contributed by atoms with Gasteiger partial charge in [-0.25, -0.2) is 4.39 Å². The molecular formula is C17H25BrFN. The molecule has 0 spiro atoms. The van der Waals surface area contributed by atoms with Crippen LogP contribution in [0, 0.1) is 17.2 Å². The van der Waals surface area contributed by atoms with Crippen LogP contribution in [0.1, 0.15) is 52.0 Å². The molecule has 3 heteroatoms. The molecular weight excluding hydrogens is 317 g/mol. The maximum atomic E-state index is 13.3. The van der Waals surface area contributed by atoms with E-state index in [-0.39, 0.29) is 5.82 Å². The van der Waals surface area contributed by atoms with Crippen molar-refractivity contribution in [3.63, 3.8) is 0 Å². The van der Waals surface area contributed by atoms with Crippen molar-refractivity contribution < 1.29 is 4.39 Å². The third-order valence-electron chi connectivity index (χ3n) is 4.44. The maximum absolute atomic E-state index is 13.3. The molecule has 1 aliphatic carbocycles. The van der Waals surface area contributed by atoms with E-state index in [0.717, 1.165) is 16.6 Å². The lowest BCUT2D eigenvalue weighted by Crippen LogP contribution is -2.43. The van der Waals surface area contributed by atoms with E-state index in [1.54, 1.807) is 12.1 Å². The van der Waals surface area contributed by atoms with E-state index in [4.69, 9.17) is 0 Å². The number of halogens is 2. The first-order valence-electron chi connectivity index (χ1n) is 7.55. The van der Waals surface area contributed by atoms with Gasteiger partial charge in [0.15, 0.2) is 0 Å². The van der Waals surface area contributed by atoms with Gasteiger partial charge < -0.3 is 5.32 Å². The van der Waals surface area contributed by atoms with Crippen molar-refractivity contribution in [1.82, 2.24) is 5.32 Å². The number of benzene rings is 1. The van der Waals surface area contributed by atoms with Crippen molar-refractivity contribution in [2.75, 3.05) is 0 Å². The summed E-state index contributed by atoms with van der Waals surface area (Å²) in [6.45, 7) is 7.72. The highest BCUT2D eigenvalue weighted by Crippen LogP contribution is 2.38. The Morgan fingerprint density at radius 3 is 2.65 bits per heavy atom. The third kappa shape index (κ3) is 4.05. The molecule has 0 aliphatic heterocycles. The minimum absolute atomic E-state index is 0.166. The molecule has 2 unspecified atom stereocenters. The van der Waals surface area contributed by atoms with E-state index in [2.05, 4.69) is 42.0 Å². The van der Waals surface area contributed by atoms with E-state index >= 15 is 0 Å². The van der Waals surface area contributed by atoms with Crippen LogP contribution in [0.4, 0.5) is 4.39 Å². The molecule has 0 amide bonds. The topological polar surface area (TPSA) is 12.0 Å². The molecule has 2 atom stereocenters. The first-order chi connectivity index (χ1) is 9.38. The molecule has 1 N–H and O–H groups in total. The van der Waals surface area contributed by atoms with E-state index < -0.39 is 0 Å². The molecule has 0 bridgehead atoms. The van der Waals surface area contributed by atoms with Crippen LogP contribution in [0.15, 0.2) is 22.7 Å². The lowest BCUT2D eigenvalue weighted by Gasteiger charge is -2.41. The monoisotopic (exact) mass is 341 g/mol. The second kappa shape index (κ2) is 6.57. The van der Waals surface area contributed by atoms with E-state index in [0.29, 0.717) is 17.4 Å². The largest absolute Gasteiger partial charge is 0.310 e. The first-order valence-corrected chi connectivity index (χ1v) is 8.34. The summed E-state index contributed by atoms with van der Waals surface area (Å²) < 4.78 is 14.3. The molecule has 1 aromatic carbocycles. The Labute approximate surface area is 130 Å². The van der Waals surface area contributed by atoms with Crippen LogP contribution in [0.2, 0.25) is 0 Å². The summed E-state index contributed by atoms with van der Waals surface area (Å²) in [7, 11) is 0. The van der Waals surface area contributed by atoms with Gasteiger partial charge in [0, 0.05) is 17.1 Å². The Bertz CT molecular complexity index is 453. The van der Waals surface area contributed by atoms with Crippen molar-refractivity contribution in [2.45, 2.75) is 59.0 Å². The smallest absolute Gasteiger partial charge is 0.123 e. The normalized spacial score (nSPS) is 23.9. The Morgan fingerprint density at radius 2 is 1.95 bits per heavy atom. The summed E-state index contributed by atoms with van der Waals surface area (Å²) >= 11 is 3.50. The number of hydrogen-bond acceptors (Lipinski definition) is 1. The number of nitrogens with one attached hydrogen (secondary N) is 1. The molecule has 1 saturated carbocycles. The summed E-state index contributed by atoms with van der Waals surface area (Å²) in [6, 6.07) is 5.44. The summed E-state index contributed by atoms with van der Waals surface area (Å²) in [5.41, 5.74) is 1.33. The van der Waals surface area contributed by atoms with Crippen molar-refractivity contribution in [3.05, 3.63) is 34.1 Å². The van der Waals surface area contributed by atoms with Crippen LogP contribution in [-0.4, -0.2) is 6.04 Å². The van der Waals surface area contributed by atoms with Crippen LogP contribution >= 0.6 is 15.9 Å². The molecule has 1 nitrogen and oxygen atoms in total. The lowest BCUT2D eigenvalue weighted by molar-refractivity contribution is 0.130.